The topological polar surface area (TPSA) is 0 Å². The van der Waals surface area contributed by atoms with Crippen LogP contribution in [0, 0.1) is 89.4 Å². The van der Waals surface area contributed by atoms with Crippen LogP contribution in [0.2, 0.25) is 0 Å². The Labute approximate surface area is 170 Å². The summed E-state index contributed by atoms with van der Waals surface area (Å²) in [6.07, 6.45) is 26.4. The van der Waals surface area contributed by atoms with E-state index in [0.717, 1.165) is 0 Å². The molecule has 1 aromatic rings. The molecule has 0 N–H and O–H groups in total. The van der Waals surface area contributed by atoms with Crippen molar-refractivity contribution in [2.24, 2.45) is 11.8 Å². The average molecular weight is 394 g/mol. The first-order valence-corrected chi connectivity index (χ1v) is 8.42. The second kappa shape index (κ2) is 14.2. The molecule has 4 rings (SSSR count). The van der Waals surface area contributed by atoms with Crippen molar-refractivity contribution in [3.05, 3.63) is 113 Å². The van der Waals surface area contributed by atoms with Gasteiger partial charge in [0.25, 0.3) is 0 Å². The van der Waals surface area contributed by atoms with Crippen LogP contribution in [0.4, 0.5) is 0 Å². The molecule has 3 aliphatic carbocycles. The number of hydrogen-bond donors (Lipinski definition) is 0. The van der Waals surface area contributed by atoms with Gasteiger partial charge in [0, 0.05) is 0 Å². The Morgan fingerprint density at radius 2 is 1.17 bits per heavy atom. The normalized spacial score (nSPS) is 24.9. The minimum atomic E-state index is 0. The molecule has 2 atom stereocenters. The van der Waals surface area contributed by atoms with E-state index >= 15 is 0 Å². The Morgan fingerprint density at radius 1 is 0.708 bits per heavy atom. The molecular weight excluding hydrogens is 367 g/mol. The van der Waals surface area contributed by atoms with Gasteiger partial charge >= 0.3 is 26.2 Å². The van der Waals surface area contributed by atoms with Crippen molar-refractivity contribution in [2.75, 3.05) is 0 Å². The molecule has 1 heteroatoms. The zero-order valence-corrected chi connectivity index (χ0v) is 16.7. The van der Waals surface area contributed by atoms with Gasteiger partial charge in [0.1, 0.15) is 0 Å². The van der Waals surface area contributed by atoms with Crippen LogP contribution in [0.25, 0.3) is 0 Å². The minimum absolute atomic E-state index is 0. The van der Waals surface area contributed by atoms with Crippen LogP contribution in [0.3, 0.4) is 0 Å². The third-order valence-corrected chi connectivity index (χ3v) is 4.04. The largest absolute Gasteiger partial charge is 4.00 e. The summed E-state index contributed by atoms with van der Waals surface area (Å²) < 4.78 is 0. The minimum Gasteiger partial charge on any atom is -0.341 e. The van der Waals surface area contributed by atoms with Crippen LogP contribution < -0.4 is 0 Å². The molecule has 10 radical (unpaired) electrons. The fraction of sp³-hybridized carbons (Fsp3) is 0.217. The van der Waals surface area contributed by atoms with Crippen molar-refractivity contribution >= 4 is 0 Å². The number of hydrogen-bond acceptors (Lipinski definition) is 0. The number of rotatable bonds is 2. The van der Waals surface area contributed by atoms with Crippen LogP contribution in [-0.2, 0) is 26.2 Å². The van der Waals surface area contributed by atoms with E-state index in [2.05, 4.69) is 43.7 Å². The molecule has 0 nitrogen and oxygen atoms in total. The predicted octanol–water partition coefficient (Wildman–Crippen LogP) is 5.53. The van der Waals surface area contributed by atoms with Crippen molar-refractivity contribution in [1.29, 1.82) is 0 Å². The monoisotopic (exact) mass is 392 g/mol. The summed E-state index contributed by atoms with van der Waals surface area (Å²) in [6, 6.07) is 10.6. The van der Waals surface area contributed by atoms with Gasteiger partial charge in [0.15, 0.2) is 0 Å². The van der Waals surface area contributed by atoms with E-state index in [0.29, 0.717) is 11.8 Å². The van der Waals surface area contributed by atoms with Crippen molar-refractivity contribution in [3.8, 4) is 0 Å². The first-order valence-electron chi connectivity index (χ1n) is 8.42. The summed E-state index contributed by atoms with van der Waals surface area (Å²) >= 11 is 0. The standard InChI is InChI=1S/C13H16.2C5H5.Zr/c1-11-6-5-9-13(11)10-12-7-3-2-4-8-12;2*1-2-4-5-3-1;/h2-4,7-8,10-11,13H,1,5-6,9H2;2*1-5H;/q-2;;;+4/t11-,13+;;;/m0.../s1. The zero-order valence-electron chi connectivity index (χ0n) is 14.2. The van der Waals surface area contributed by atoms with Crippen molar-refractivity contribution in [1.82, 2.24) is 0 Å². The number of benzene rings is 1. The zero-order chi connectivity index (χ0) is 16.2. The van der Waals surface area contributed by atoms with Gasteiger partial charge in [-0.25, -0.2) is 0 Å². The van der Waals surface area contributed by atoms with Crippen LogP contribution in [0.15, 0.2) is 30.3 Å². The Bertz CT molecular complexity index is 353. The van der Waals surface area contributed by atoms with Crippen molar-refractivity contribution in [2.45, 2.75) is 19.3 Å². The summed E-state index contributed by atoms with van der Waals surface area (Å²) in [6.45, 7) is 4.18. The fourth-order valence-corrected chi connectivity index (χ4v) is 2.74. The fourth-order valence-electron chi connectivity index (χ4n) is 2.74. The van der Waals surface area contributed by atoms with Gasteiger partial charge in [-0.15, -0.1) is 12.1 Å². The first kappa shape index (κ1) is 22.0. The van der Waals surface area contributed by atoms with E-state index in [1.54, 1.807) is 0 Å². The molecule has 0 unspecified atom stereocenters. The second-order valence-electron chi connectivity index (χ2n) is 5.86. The summed E-state index contributed by atoms with van der Waals surface area (Å²) in [5.74, 6) is 1.35. The first-order chi connectivity index (χ1) is 11.4. The maximum Gasteiger partial charge on any atom is 4.00 e. The second-order valence-corrected chi connectivity index (χ2v) is 5.86. The molecule has 3 aliphatic rings. The van der Waals surface area contributed by atoms with Crippen LogP contribution in [0.1, 0.15) is 24.8 Å². The average Bonchev–Trinajstić information content (AvgIpc) is 3.36. The Morgan fingerprint density at radius 3 is 1.54 bits per heavy atom. The molecule has 24 heavy (non-hydrogen) atoms. The van der Waals surface area contributed by atoms with Gasteiger partial charge in [-0.2, -0.15) is 30.0 Å². The predicted molar refractivity (Wildman–Crippen MR) is 99.0 cm³/mol. The van der Waals surface area contributed by atoms with E-state index in [9.17, 15) is 0 Å². The molecule has 3 saturated carbocycles. The maximum absolute atomic E-state index is 4.18. The smallest absolute Gasteiger partial charge is 0.341 e. The van der Waals surface area contributed by atoms with E-state index in [1.165, 1.54) is 24.8 Å². The molecule has 120 valence electrons. The Hall–Kier alpha value is -0.0269. The van der Waals surface area contributed by atoms with Gasteiger partial charge in [-0.05, 0) is 64.2 Å². The van der Waals surface area contributed by atoms with Crippen LogP contribution >= 0.6 is 0 Å². The van der Waals surface area contributed by atoms with Crippen LogP contribution in [-0.4, -0.2) is 0 Å². The summed E-state index contributed by atoms with van der Waals surface area (Å²) in [5, 5.41) is 0. The van der Waals surface area contributed by atoms with E-state index in [4.69, 9.17) is 0 Å². The summed E-state index contributed by atoms with van der Waals surface area (Å²) in [4.78, 5) is 0. The third kappa shape index (κ3) is 9.45. The van der Waals surface area contributed by atoms with Gasteiger partial charge in [-0.1, -0.05) is 31.2 Å². The molecule has 0 saturated heterocycles. The molecule has 0 aromatic heterocycles. The molecule has 0 amide bonds. The van der Waals surface area contributed by atoms with Gasteiger partial charge in [0.05, 0.1) is 0 Å². The van der Waals surface area contributed by atoms with Gasteiger partial charge in [-0.3, -0.25) is 0 Å². The molecular formula is C23H26Zr+2. The van der Waals surface area contributed by atoms with Gasteiger partial charge in [0.2, 0.25) is 0 Å². The molecule has 0 spiro atoms. The van der Waals surface area contributed by atoms with Crippen molar-refractivity contribution < 1.29 is 26.2 Å². The maximum atomic E-state index is 4.18. The van der Waals surface area contributed by atoms with E-state index in [1.807, 2.05) is 64.2 Å². The SMILES string of the molecule is [CH2-][C@H]1CCC[C@@H]1[CH-]c1ccccc1.[CH]1[CH][CH][CH][CH]1.[CH]1[CH][CH][CH][CH]1.[Zr+4]. The van der Waals surface area contributed by atoms with Gasteiger partial charge < -0.3 is 6.92 Å². The molecule has 0 heterocycles. The van der Waals surface area contributed by atoms with E-state index in [-0.39, 0.29) is 26.2 Å². The molecule has 1 aromatic carbocycles. The molecule has 0 bridgehead atoms. The third-order valence-electron chi connectivity index (χ3n) is 4.04. The molecule has 3 fully saturated rings. The van der Waals surface area contributed by atoms with Crippen LogP contribution in [0.5, 0.6) is 0 Å². The quantitative estimate of drug-likeness (QED) is 0.580. The van der Waals surface area contributed by atoms with Crippen molar-refractivity contribution in [3.63, 3.8) is 0 Å². The Kier molecular flexibility index (Phi) is 13.0. The van der Waals surface area contributed by atoms with E-state index < -0.39 is 0 Å². The molecule has 0 aliphatic heterocycles. The summed E-state index contributed by atoms with van der Waals surface area (Å²) in [5.41, 5.74) is 1.35. The summed E-state index contributed by atoms with van der Waals surface area (Å²) in [7, 11) is 0. The Balaban J connectivity index is 0.000000216.